The molecule has 0 saturated carbocycles. The van der Waals surface area contributed by atoms with Crippen molar-refractivity contribution in [3.63, 3.8) is 0 Å². The first-order valence-corrected chi connectivity index (χ1v) is 8.01. The maximum Gasteiger partial charge on any atom is 0.105 e. The van der Waals surface area contributed by atoms with Crippen LogP contribution in [0.2, 0.25) is 0 Å². The molecule has 0 radical (unpaired) electrons. The van der Waals surface area contributed by atoms with E-state index in [-0.39, 0.29) is 11.2 Å². The molecule has 0 aliphatic carbocycles. The Balaban J connectivity index is 2.78. The lowest BCUT2D eigenvalue weighted by atomic mass is 9.90. The third-order valence-corrected chi connectivity index (χ3v) is 3.90. The average Bonchev–Trinajstić information content (AvgIpc) is 2.23. The molecule has 4 nitrogen and oxygen atoms in total. The smallest absolute Gasteiger partial charge is 0.105 e. The van der Waals surface area contributed by atoms with Crippen LogP contribution < -0.4 is 5.32 Å². The normalized spacial score (nSPS) is 26.1. The molecule has 4 heteroatoms. The second-order valence-corrected chi connectivity index (χ2v) is 8.32. The average molecular weight is 295 g/mol. The molecule has 0 aromatic carbocycles. The standard InChI is InChI=1S/C17H33N3O/c1-13(2)19-17(8,10-18)9-14(3)20-11-15(4,5)21-16(6,7)12-20/h13-14,19H,9,11-12H2,1-8H3. The lowest BCUT2D eigenvalue weighted by Gasteiger charge is -2.50. The Kier molecular flexibility index (Phi) is 5.47. The number of hydrogen-bond acceptors (Lipinski definition) is 4. The van der Waals surface area contributed by atoms with Crippen molar-refractivity contribution in [1.29, 1.82) is 5.26 Å². The molecule has 2 unspecified atom stereocenters. The zero-order valence-electron chi connectivity index (χ0n) is 15.1. The summed E-state index contributed by atoms with van der Waals surface area (Å²) in [5.41, 5.74) is -0.783. The van der Waals surface area contributed by atoms with Gasteiger partial charge in [-0.1, -0.05) is 0 Å². The lowest BCUT2D eigenvalue weighted by molar-refractivity contribution is -0.187. The number of rotatable bonds is 5. The Morgan fingerprint density at radius 1 is 1.19 bits per heavy atom. The van der Waals surface area contributed by atoms with E-state index in [1.54, 1.807) is 0 Å². The number of hydrogen-bond donors (Lipinski definition) is 1. The molecule has 0 aromatic rings. The summed E-state index contributed by atoms with van der Waals surface area (Å²) in [6, 6.07) is 3.09. The Labute approximate surface area is 130 Å². The van der Waals surface area contributed by atoms with E-state index >= 15 is 0 Å². The zero-order valence-corrected chi connectivity index (χ0v) is 15.1. The highest BCUT2D eigenvalue weighted by molar-refractivity contribution is 5.06. The van der Waals surface area contributed by atoms with Crippen molar-refractivity contribution in [3.8, 4) is 6.07 Å². The highest BCUT2D eigenvalue weighted by Gasteiger charge is 2.41. The highest BCUT2D eigenvalue weighted by atomic mass is 16.5. The predicted molar refractivity (Wildman–Crippen MR) is 87.2 cm³/mol. The largest absolute Gasteiger partial charge is 0.367 e. The number of nitrogens with one attached hydrogen (secondary N) is 1. The molecule has 1 aliphatic heterocycles. The van der Waals surface area contributed by atoms with Crippen LogP contribution in [0, 0.1) is 11.3 Å². The van der Waals surface area contributed by atoms with Crippen LogP contribution in [0.4, 0.5) is 0 Å². The minimum Gasteiger partial charge on any atom is -0.367 e. The summed E-state index contributed by atoms with van der Waals surface area (Å²) in [4.78, 5) is 2.46. The third kappa shape index (κ3) is 5.58. The predicted octanol–water partition coefficient (Wildman–Crippen LogP) is 2.93. The molecular weight excluding hydrogens is 262 g/mol. The molecule has 21 heavy (non-hydrogen) atoms. The van der Waals surface area contributed by atoms with Gasteiger partial charge < -0.3 is 4.74 Å². The Morgan fingerprint density at radius 3 is 2.05 bits per heavy atom. The van der Waals surface area contributed by atoms with E-state index in [0.29, 0.717) is 12.1 Å². The summed E-state index contributed by atoms with van der Waals surface area (Å²) in [5.74, 6) is 0. The van der Waals surface area contributed by atoms with Crippen LogP contribution in [0.15, 0.2) is 0 Å². The summed E-state index contributed by atoms with van der Waals surface area (Å²) in [6.07, 6.45) is 0.813. The van der Waals surface area contributed by atoms with E-state index in [1.807, 2.05) is 6.92 Å². The van der Waals surface area contributed by atoms with E-state index in [4.69, 9.17) is 4.74 Å². The van der Waals surface area contributed by atoms with Gasteiger partial charge in [0.05, 0.1) is 17.3 Å². The Bertz CT molecular complexity index is 381. The SMILES string of the molecule is CC(C)NC(C)(C#N)CC(C)N1CC(C)(C)OC(C)(C)C1. The maximum absolute atomic E-state index is 9.53. The van der Waals surface area contributed by atoms with E-state index < -0.39 is 5.54 Å². The van der Waals surface area contributed by atoms with E-state index in [2.05, 4.69) is 64.8 Å². The molecule has 0 aromatic heterocycles. The van der Waals surface area contributed by atoms with Gasteiger partial charge in [-0.2, -0.15) is 5.26 Å². The van der Waals surface area contributed by atoms with Gasteiger partial charge in [0.2, 0.25) is 0 Å². The fourth-order valence-electron chi connectivity index (χ4n) is 3.65. The molecule has 2 atom stereocenters. The van der Waals surface area contributed by atoms with Crippen molar-refractivity contribution in [1.82, 2.24) is 10.2 Å². The van der Waals surface area contributed by atoms with Gasteiger partial charge in [-0.15, -0.1) is 0 Å². The quantitative estimate of drug-likeness (QED) is 0.847. The van der Waals surface area contributed by atoms with Gasteiger partial charge in [-0.05, 0) is 61.8 Å². The fourth-order valence-corrected chi connectivity index (χ4v) is 3.65. The van der Waals surface area contributed by atoms with Crippen LogP contribution in [0.1, 0.15) is 61.8 Å². The maximum atomic E-state index is 9.53. The second kappa shape index (κ2) is 6.24. The van der Waals surface area contributed by atoms with Crippen LogP contribution in [0.25, 0.3) is 0 Å². The molecular formula is C17H33N3O. The van der Waals surface area contributed by atoms with Crippen molar-refractivity contribution in [2.24, 2.45) is 0 Å². The van der Waals surface area contributed by atoms with E-state index in [1.165, 1.54) is 0 Å². The third-order valence-electron chi connectivity index (χ3n) is 3.90. The summed E-state index contributed by atoms with van der Waals surface area (Å²) in [6.45, 7) is 18.8. The summed E-state index contributed by atoms with van der Waals surface area (Å²) in [7, 11) is 0. The second-order valence-electron chi connectivity index (χ2n) is 8.32. The minimum atomic E-state index is -0.486. The van der Waals surface area contributed by atoms with E-state index in [0.717, 1.165) is 19.5 Å². The Hall–Kier alpha value is -0.630. The van der Waals surface area contributed by atoms with Crippen LogP contribution in [-0.2, 0) is 4.74 Å². The van der Waals surface area contributed by atoms with Crippen LogP contribution >= 0.6 is 0 Å². The van der Waals surface area contributed by atoms with Crippen molar-refractivity contribution in [2.45, 2.75) is 90.6 Å². The number of nitrogens with zero attached hydrogens (tertiary/aromatic N) is 2. The zero-order chi connectivity index (χ0) is 16.5. The topological polar surface area (TPSA) is 48.3 Å². The number of ether oxygens (including phenoxy) is 1. The van der Waals surface area contributed by atoms with Crippen LogP contribution in [0.5, 0.6) is 0 Å². The van der Waals surface area contributed by atoms with Gasteiger partial charge in [0, 0.05) is 25.2 Å². The van der Waals surface area contributed by atoms with Crippen molar-refractivity contribution >= 4 is 0 Å². The molecule has 122 valence electrons. The minimum absolute atomic E-state index is 0.148. The van der Waals surface area contributed by atoms with Gasteiger partial charge in [0.15, 0.2) is 0 Å². The monoisotopic (exact) mass is 295 g/mol. The molecule has 1 rings (SSSR count). The first-order valence-electron chi connectivity index (χ1n) is 8.01. The molecule has 0 amide bonds. The summed E-state index contributed by atoms with van der Waals surface area (Å²) in [5, 5.41) is 12.9. The first kappa shape index (κ1) is 18.4. The molecule has 1 fully saturated rings. The van der Waals surface area contributed by atoms with Gasteiger partial charge in [-0.3, -0.25) is 10.2 Å². The summed E-state index contributed by atoms with van der Waals surface area (Å²) < 4.78 is 6.14. The summed E-state index contributed by atoms with van der Waals surface area (Å²) >= 11 is 0. The number of morpholine rings is 1. The molecule has 0 spiro atoms. The first-order chi connectivity index (χ1) is 9.38. The number of nitriles is 1. The van der Waals surface area contributed by atoms with Gasteiger partial charge in [-0.25, -0.2) is 0 Å². The fraction of sp³-hybridized carbons (Fsp3) is 0.941. The van der Waals surface area contributed by atoms with Crippen molar-refractivity contribution in [2.75, 3.05) is 13.1 Å². The van der Waals surface area contributed by atoms with Crippen LogP contribution in [0.3, 0.4) is 0 Å². The van der Waals surface area contributed by atoms with E-state index in [9.17, 15) is 5.26 Å². The van der Waals surface area contributed by atoms with Crippen LogP contribution in [-0.4, -0.2) is 46.8 Å². The highest BCUT2D eigenvalue weighted by Crippen LogP contribution is 2.30. The van der Waals surface area contributed by atoms with Crippen molar-refractivity contribution < 1.29 is 4.74 Å². The lowest BCUT2D eigenvalue weighted by Crippen LogP contribution is -2.60. The molecule has 0 bridgehead atoms. The van der Waals surface area contributed by atoms with Gasteiger partial charge in [0.25, 0.3) is 0 Å². The molecule has 1 aliphatic rings. The Morgan fingerprint density at radius 2 is 1.67 bits per heavy atom. The van der Waals surface area contributed by atoms with Gasteiger partial charge in [0.1, 0.15) is 5.54 Å². The molecule has 1 N–H and O–H groups in total. The van der Waals surface area contributed by atoms with Crippen molar-refractivity contribution in [3.05, 3.63) is 0 Å². The molecule has 1 heterocycles. The van der Waals surface area contributed by atoms with Gasteiger partial charge >= 0.3 is 0 Å². The molecule has 1 saturated heterocycles.